The number of carbonyl (C=O) groups is 3. The number of methoxy groups -OCH3 is 1. The summed E-state index contributed by atoms with van der Waals surface area (Å²) in [6.07, 6.45) is 6.73. The van der Waals surface area contributed by atoms with E-state index in [0.717, 1.165) is 44.6 Å². The fourth-order valence-corrected chi connectivity index (χ4v) is 6.22. The highest BCUT2D eigenvalue weighted by Gasteiger charge is 2.30. The average Bonchev–Trinajstić information content (AvgIpc) is 3.00. The number of piperidine rings is 2. The van der Waals surface area contributed by atoms with E-state index in [9.17, 15) is 14.4 Å². The first kappa shape index (κ1) is 31.3. The lowest BCUT2D eigenvalue weighted by atomic mass is 9.90. The van der Waals surface area contributed by atoms with Crippen LogP contribution in [0.15, 0.2) is 42.5 Å². The summed E-state index contributed by atoms with van der Waals surface area (Å²) in [4.78, 5) is 43.2. The number of rotatable bonds is 10. The Labute approximate surface area is 253 Å². The van der Waals surface area contributed by atoms with Crippen molar-refractivity contribution in [3.63, 3.8) is 0 Å². The largest absolute Gasteiger partial charge is 0.465 e. The Bertz CT molecular complexity index is 1190. The summed E-state index contributed by atoms with van der Waals surface area (Å²) in [7, 11) is 1.40. The molecule has 0 radical (unpaired) electrons. The number of nitrogens with zero attached hydrogens (tertiary/aromatic N) is 3. The molecule has 0 atom stereocenters. The van der Waals surface area contributed by atoms with Gasteiger partial charge in [-0.25, -0.2) is 4.79 Å². The molecule has 2 amide bonds. The summed E-state index contributed by atoms with van der Waals surface area (Å²) in [5.74, 6) is 0.456. The molecule has 9 heteroatoms. The van der Waals surface area contributed by atoms with E-state index in [1.165, 1.54) is 25.5 Å². The number of halogens is 2. The third-order valence-electron chi connectivity index (χ3n) is 8.55. The maximum absolute atomic E-state index is 13.7. The van der Waals surface area contributed by atoms with Gasteiger partial charge >= 0.3 is 5.97 Å². The highest BCUT2D eigenvalue weighted by molar-refractivity contribution is 6.42. The Hall–Kier alpha value is -2.61. The summed E-state index contributed by atoms with van der Waals surface area (Å²) in [5, 5.41) is 0.911. The predicted molar refractivity (Wildman–Crippen MR) is 164 cm³/mol. The number of carbonyl (C=O) groups excluding carboxylic acids is 3. The maximum atomic E-state index is 13.7. The minimum atomic E-state index is -0.302. The van der Waals surface area contributed by atoms with Gasteiger partial charge in [-0.3, -0.25) is 9.59 Å². The number of hydrogen-bond donors (Lipinski definition) is 0. The van der Waals surface area contributed by atoms with E-state index < -0.39 is 0 Å². The van der Waals surface area contributed by atoms with Crippen LogP contribution in [-0.4, -0.2) is 74.0 Å². The molecule has 0 saturated carbocycles. The Morgan fingerprint density at radius 2 is 1.61 bits per heavy atom. The molecule has 0 spiro atoms. The number of benzene rings is 2. The van der Waals surface area contributed by atoms with E-state index in [-0.39, 0.29) is 23.7 Å². The highest BCUT2D eigenvalue weighted by atomic mass is 35.5. The smallest absolute Gasteiger partial charge is 0.337 e. The number of likely N-dealkylation sites (tertiary alicyclic amines) is 2. The van der Waals surface area contributed by atoms with Crippen LogP contribution in [0.3, 0.4) is 0 Å². The van der Waals surface area contributed by atoms with Crippen molar-refractivity contribution < 1.29 is 19.1 Å². The summed E-state index contributed by atoms with van der Waals surface area (Å²) in [6.45, 7) is 6.51. The Balaban J connectivity index is 1.25. The molecule has 0 aromatic heterocycles. The van der Waals surface area contributed by atoms with E-state index in [4.69, 9.17) is 27.9 Å². The first-order valence-corrected chi connectivity index (χ1v) is 15.4. The second-order valence-corrected chi connectivity index (χ2v) is 12.0. The van der Waals surface area contributed by atoms with Gasteiger partial charge in [0.15, 0.2) is 0 Å². The van der Waals surface area contributed by atoms with Crippen molar-refractivity contribution in [3.8, 4) is 0 Å². The molecule has 2 aliphatic heterocycles. The molecular weight excluding hydrogens is 561 g/mol. The maximum Gasteiger partial charge on any atom is 0.337 e. The molecular formula is C32H41Cl2N3O4. The van der Waals surface area contributed by atoms with Gasteiger partial charge in [0, 0.05) is 38.2 Å². The minimum absolute atomic E-state index is 0.0651. The van der Waals surface area contributed by atoms with Gasteiger partial charge in [-0.1, -0.05) is 35.3 Å². The topological polar surface area (TPSA) is 70.2 Å². The summed E-state index contributed by atoms with van der Waals surface area (Å²) in [5.41, 5.74) is 2.61. The molecule has 7 nitrogen and oxygen atoms in total. The molecule has 0 unspecified atom stereocenters. The van der Waals surface area contributed by atoms with Gasteiger partial charge in [0.25, 0.3) is 0 Å². The van der Waals surface area contributed by atoms with Crippen LogP contribution in [0, 0.1) is 11.8 Å². The fourth-order valence-electron chi connectivity index (χ4n) is 5.93. The molecule has 2 aliphatic rings. The van der Waals surface area contributed by atoms with E-state index in [2.05, 4.69) is 4.90 Å². The van der Waals surface area contributed by atoms with Crippen molar-refractivity contribution in [3.05, 3.63) is 63.6 Å². The van der Waals surface area contributed by atoms with Gasteiger partial charge in [-0.2, -0.15) is 0 Å². The lowest BCUT2D eigenvalue weighted by Crippen LogP contribution is -2.45. The second kappa shape index (κ2) is 15.0. The number of amides is 2. The number of anilines is 1. The molecule has 41 heavy (non-hydrogen) atoms. The Morgan fingerprint density at radius 1 is 0.927 bits per heavy atom. The quantitative estimate of drug-likeness (QED) is 0.307. The third kappa shape index (κ3) is 8.69. The predicted octanol–water partition coefficient (Wildman–Crippen LogP) is 6.11. The van der Waals surface area contributed by atoms with Crippen molar-refractivity contribution in [2.75, 3.05) is 51.3 Å². The molecule has 2 saturated heterocycles. The van der Waals surface area contributed by atoms with Gasteiger partial charge in [-0.15, -0.1) is 0 Å². The minimum Gasteiger partial charge on any atom is -0.465 e. The lowest BCUT2D eigenvalue weighted by molar-refractivity contribution is -0.133. The first-order chi connectivity index (χ1) is 19.7. The van der Waals surface area contributed by atoms with E-state index in [0.29, 0.717) is 54.0 Å². The number of aryl methyl sites for hydroxylation is 1. The molecule has 0 bridgehead atoms. The summed E-state index contributed by atoms with van der Waals surface area (Å²) < 4.78 is 4.78. The summed E-state index contributed by atoms with van der Waals surface area (Å²) >= 11 is 12.5. The van der Waals surface area contributed by atoms with Gasteiger partial charge in [0.05, 0.1) is 22.7 Å². The van der Waals surface area contributed by atoms with Crippen LogP contribution in [-0.2, 0) is 20.7 Å². The third-order valence-corrected chi connectivity index (χ3v) is 9.29. The van der Waals surface area contributed by atoms with Crippen LogP contribution in [0.1, 0.15) is 61.4 Å². The molecule has 4 rings (SSSR count). The normalized spacial score (nSPS) is 16.9. The zero-order chi connectivity index (χ0) is 29.4. The zero-order valence-electron chi connectivity index (χ0n) is 24.1. The monoisotopic (exact) mass is 601 g/mol. The number of ether oxygens (including phenoxy) is 1. The van der Waals surface area contributed by atoms with Crippen molar-refractivity contribution in [1.82, 2.24) is 9.80 Å². The van der Waals surface area contributed by atoms with E-state index in [1.807, 2.05) is 40.1 Å². The molecule has 222 valence electrons. The summed E-state index contributed by atoms with van der Waals surface area (Å²) in [6, 6.07) is 13.1. The molecule has 2 heterocycles. The van der Waals surface area contributed by atoms with Gasteiger partial charge < -0.3 is 19.4 Å². The SMILES string of the molecule is COC(=O)c1ccc(CCC2CCN(CCCN(C(=O)C3CCN(C(C)=O)CC3)c3ccc(Cl)c(Cl)c3)CC2)cc1. The zero-order valence-corrected chi connectivity index (χ0v) is 25.6. The standard InChI is InChI=1S/C32H41Cl2N3O4/c1-23(38)36-20-14-26(15-21-36)31(39)37(28-10-11-29(33)30(34)22-28)17-3-16-35-18-12-25(13-19-35)5-4-24-6-8-27(9-7-24)32(40)41-2/h6-11,22,25-26H,3-5,12-21H2,1-2H3. The van der Waals surface area contributed by atoms with Gasteiger partial charge in [-0.05, 0) is 106 Å². The number of hydrogen-bond acceptors (Lipinski definition) is 5. The molecule has 2 aromatic rings. The van der Waals surface area contributed by atoms with Gasteiger partial charge in [0.2, 0.25) is 11.8 Å². The van der Waals surface area contributed by atoms with Gasteiger partial charge in [0.1, 0.15) is 0 Å². The van der Waals surface area contributed by atoms with Crippen LogP contribution in [0.5, 0.6) is 0 Å². The number of esters is 1. The molecule has 0 aliphatic carbocycles. The van der Waals surface area contributed by atoms with E-state index in [1.54, 1.807) is 19.1 Å². The van der Waals surface area contributed by atoms with E-state index >= 15 is 0 Å². The highest BCUT2D eigenvalue weighted by Crippen LogP contribution is 2.30. The van der Waals surface area contributed by atoms with Crippen molar-refractivity contribution >= 4 is 46.7 Å². The average molecular weight is 603 g/mol. The first-order valence-electron chi connectivity index (χ1n) is 14.7. The lowest BCUT2D eigenvalue weighted by Gasteiger charge is -2.35. The Morgan fingerprint density at radius 3 is 2.22 bits per heavy atom. The fraction of sp³-hybridized carbons (Fsp3) is 0.531. The van der Waals surface area contributed by atoms with Crippen molar-refractivity contribution in [2.45, 2.75) is 51.9 Å². The van der Waals surface area contributed by atoms with Crippen LogP contribution in [0.4, 0.5) is 5.69 Å². The molecule has 2 fully saturated rings. The molecule has 2 aromatic carbocycles. The van der Waals surface area contributed by atoms with Crippen LogP contribution in [0.2, 0.25) is 10.0 Å². The van der Waals surface area contributed by atoms with Crippen LogP contribution >= 0.6 is 23.2 Å². The van der Waals surface area contributed by atoms with Crippen LogP contribution < -0.4 is 4.90 Å². The van der Waals surface area contributed by atoms with Crippen LogP contribution in [0.25, 0.3) is 0 Å². The Kier molecular flexibility index (Phi) is 11.5. The second-order valence-electron chi connectivity index (χ2n) is 11.2. The molecule has 0 N–H and O–H groups in total. The van der Waals surface area contributed by atoms with Crippen molar-refractivity contribution in [1.29, 1.82) is 0 Å². The van der Waals surface area contributed by atoms with Crippen molar-refractivity contribution in [2.24, 2.45) is 11.8 Å².